The molecule has 1 unspecified atom stereocenters. The Labute approximate surface area is 244 Å². The van der Waals surface area contributed by atoms with Gasteiger partial charge in [-0.05, 0) is 68.2 Å². The molecule has 41 heavy (non-hydrogen) atoms. The first-order valence-corrected chi connectivity index (χ1v) is 14.3. The number of carbonyl (C=O) groups is 1. The van der Waals surface area contributed by atoms with Crippen LogP contribution in [0.3, 0.4) is 0 Å². The molecule has 0 spiro atoms. The van der Waals surface area contributed by atoms with Gasteiger partial charge in [-0.25, -0.2) is 9.67 Å². The van der Waals surface area contributed by atoms with Gasteiger partial charge in [0.2, 0.25) is 11.2 Å². The van der Waals surface area contributed by atoms with Crippen molar-refractivity contribution in [1.82, 2.24) is 24.6 Å². The standard InChI is InChI=1S/C30H33ClN8O2/c1-37-13-15-38(16-14-37)24-9-5-7-22(19-24)32-12-11-26(40)34-23-8-4-6-21(18-23)28-25-20-33-39(27-10-2-3-17-41-27)29(25)36-30(31)35-28/h4-9,11-12,18-20,27,32H,2-3,10,13-17H2,1H3,(H,34,40)/b12-11+. The van der Waals surface area contributed by atoms with E-state index in [1.165, 1.54) is 11.8 Å². The summed E-state index contributed by atoms with van der Waals surface area (Å²) in [5.41, 5.74) is 4.82. The average molecular weight is 573 g/mol. The summed E-state index contributed by atoms with van der Waals surface area (Å²) in [5, 5.41) is 11.6. The molecular formula is C30H33ClN8O2. The van der Waals surface area contributed by atoms with Gasteiger partial charge >= 0.3 is 0 Å². The van der Waals surface area contributed by atoms with Crippen molar-refractivity contribution in [2.24, 2.45) is 0 Å². The molecule has 2 saturated heterocycles. The van der Waals surface area contributed by atoms with Crippen molar-refractivity contribution in [3.63, 3.8) is 0 Å². The molecule has 2 aliphatic rings. The van der Waals surface area contributed by atoms with Crippen LogP contribution in [0.25, 0.3) is 22.3 Å². The number of fused-ring (bicyclic) bond motifs is 1. The summed E-state index contributed by atoms with van der Waals surface area (Å²) in [4.78, 5) is 26.4. The molecular weight excluding hydrogens is 540 g/mol. The lowest BCUT2D eigenvalue weighted by molar-refractivity contribution is -0.111. The summed E-state index contributed by atoms with van der Waals surface area (Å²) in [7, 11) is 2.15. The number of nitrogens with one attached hydrogen (secondary N) is 2. The van der Waals surface area contributed by atoms with Gasteiger partial charge in [0.15, 0.2) is 11.9 Å². The van der Waals surface area contributed by atoms with Crippen LogP contribution in [0.5, 0.6) is 0 Å². The second kappa shape index (κ2) is 12.3. The van der Waals surface area contributed by atoms with Gasteiger partial charge in [-0.3, -0.25) is 4.79 Å². The molecule has 2 aromatic carbocycles. The summed E-state index contributed by atoms with van der Waals surface area (Å²) >= 11 is 6.34. The SMILES string of the molecule is CN1CCN(c2cccc(N/C=C/C(=O)Nc3cccc(-c4nc(Cl)nc5c4cnn5C4CCCCO4)c3)c2)CC1. The summed E-state index contributed by atoms with van der Waals surface area (Å²) in [6.45, 7) is 4.80. The first kappa shape index (κ1) is 27.2. The molecule has 6 rings (SSSR count). The Morgan fingerprint density at radius 2 is 1.88 bits per heavy atom. The Hall–Kier alpha value is -3.99. The molecule has 2 aliphatic heterocycles. The number of likely N-dealkylation sites (N-methyl/N-ethyl adjacent to an activating group) is 1. The van der Waals surface area contributed by atoms with Gasteiger partial charge in [-0.1, -0.05) is 18.2 Å². The number of ether oxygens (including phenoxy) is 1. The van der Waals surface area contributed by atoms with E-state index in [4.69, 9.17) is 16.3 Å². The fraction of sp³-hybridized carbons (Fsp3) is 0.333. The topological polar surface area (TPSA) is 100 Å². The van der Waals surface area contributed by atoms with Crippen LogP contribution >= 0.6 is 11.6 Å². The Bertz CT molecular complexity index is 1560. The molecule has 10 nitrogen and oxygen atoms in total. The zero-order valence-corrected chi connectivity index (χ0v) is 23.7. The number of halogens is 1. The van der Waals surface area contributed by atoms with Crippen LogP contribution in [0.2, 0.25) is 5.28 Å². The number of piperazine rings is 1. The van der Waals surface area contributed by atoms with Crippen molar-refractivity contribution in [2.45, 2.75) is 25.5 Å². The minimum atomic E-state index is -0.252. The van der Waals surface area contributed by atoms with Gasteiger partial charge in [0, 0.05) is 67.7 Å². The van der Waals surface area contributed by atoms with E-state index in [0.717, 1.165) is 62.1 Å². The van der Waals surface area contributed by atoms with Crippen LogP contribution in [0.4, 0.5) is 17.1 Å². The number of benzene rings is 2. The number of nitrogens with zero attached hydrogens (tertiary/aromatic N) is 6. The minimum absolute atomic E-state index is 0.130. The molecule has 0 saturated carbocycles. The van der Waals surface area contributed by atoms with E-state index in [1.54, 1.807) is 17.1 Å². The van der Waals surface area contributed by atoms with Crippen molar-refractivity contribution >= 4 is 45.6 Å². The first-order chi connectivity index (χ1) is 20.0. The highest BCUT2D eigenvalue weighted by molar-refractivity contribution is 6.28. The Balaban J connectivity index is 1.13. The molecule has 2 aromatic heterocycles. The van der Waals surface area contributed by atoms with E-state index >= 15 is 0 Å². The van der Waals surface area contributed by atoms with Crippen molar-refractivity contribution in [3.8, 4) is 11.3 Å². The zero-order valence-electron chi connectivity index (χ0n) is 23.0. The third-order valence-corrected chi connectivity index (χ3v) is 7.63. The third kappa shape index (κ3) is 6.35. The number of anilines is 3. The lowest BCUT2D eigenvalue weighted by Gasteiger charge is -2.34. The number of carbonyl (C=O) groups excluding carboxylic acids is 1. The number of hydrogen-bond donors (Lipinski definition) is 2. The summed E-state index contributed by atoms with van der Waals surface area (Å²) in [6, 6.07) is 15.7. The fourth-order valence-corrected chi connectivity index (χ4v) is 5.41. The van der Waals surface area contributed by atoms with Crippen LogP contribution in [0, 0.1) is 0 Å². The molecule has 11 heteroatoms. The normalized spacial score (nSPS) is 18.2. The maximum absolute atomic E-state index is 12.7. The van der Waals surface area contributed by atoms with Crippen LogP contribution in [-0.4, -0.2) is 70.4 Å². The second-order valence-corrected chi connectivity index (χ2v) is 10.7. The Kier molecular flexibility index (Phi) is 8.13. The van der Waals surface area contributed by atoms with Gasteiger partial charge in [-0.15, -0.1) is 0 Å². The van der Waals surface area contributed by atoms with E-state index in [9.17, 15) is 4.79 Å². The van der Waals surface area contributed by atoms with Crippen molar-refractivity contribution < 1.29 is 9.53 Å². The minimum Gasteiger partial charge on any atom is -0.369 e. The number of aromatic nitrogens is 4. The van der Waals surface area contributed by atoms with Crippen LogP contribution in [0.15, 0.2) is 67.0 Å². The maximum atomic E-state index is 12.7. The van der Waals surface area contributed by atoms with Gasteiger partial charge in [0.05, 0.1) is 17.3 Å². The number of rotatable bonds is 7. The van der Waals surface area contributed by atoms with Crippen LogP contribution in [0.1, 0.15) is 25.5 Å². The molecule has 212 valence electrons. The Morgan fingerprint density at radius 1 is 1.05 bits per heavy atom. The van der Waals surface area contributed by atoms with E-state index < -0.39 is 0 Å². The predicted molar refractivity (Wildman–Crippen MR) is 162 cm³/mol. The molecule has 0 bridgehead atoms. The highest BCUT2D eigenvalue weighted by atomic mass is 35.5. The van der Waals surface area contributed by atoms with E-state index in [-0.39, 0.29) is 17.4 Å². The average Bonchev–Trinajstić information content (AvgIpc) is 3.41. The molecule has 1 amide bonds. The van der Waals surface area contributed by atoms with Crippen LogP contribution < -0.4 is 15.5 Å². The van der Waals surface area contributed by atoms with Gasteiger partial charge < -0.3 is 25.2 Å². The van der Waals surface area contributed by atoms with Gasteiger partial charge in [-0.2, -0.15) is 10.1 Å². The molecule has 2 N–H and O–H groups in total. The molecule has 2 fully saturated rings. The summed E-state index contributed by atoms with van der Waals surface area (Å²) in [5.74, 6) is -0.252. The smallest absolute Gasteiger partial charge is 0.249 e. The van der Waals surface area contributed by atoms with Crippen LogP contribution in [-0.2, 0) is 9.53 Å². The van der Waals surface area contributed by atoms with Crippen molar-refractivity contribution in [3.05, 3.63) is 72.3 Å². The Morgan fingerprint density at radius 3 is 2.71 bits per heavy atom. The van der Waals surface area contributed by atoms with E-state index in [2.05, 4.69) is 54.7 Å². The van der Waals surface area contributed by atoms with E-state index in [1.807, 2.05) is 36.4 Å². The lowest BCUT2D eigenvalue weighted by atomic mass is 10.1. The number of hydrogen-bond acceptors (Lipinski definition) is 8. The molecule has 0 aliphatic carbocycles. The highest BCUT2D eigenvalue weighted by Gasteiger charge is 2.22. The van der Waals surface area contributed by atoms with Crippen molar-refractivity contribution in [2.75, 3.05) is 55.4 Å². The molecule has 0 radical (unpaired) electrons. The second-order valence-electron chi connectivity index (χ2n) is 10.4. The quantitative estimate of drug-likeness (QED) is 0.231. The van der Waals surface area contributed by atoms with Crippen molar-refractivity contribution in [1.29, 1.82) is 0 Å². The fourth-order valence-electron chi connectivity index (χ4n) is 5.25. The van der Waals surface area contributed by atoms with Gasteiger partial charge in [0.1, 0.15) is 0 Å². The molecule has 4 aromatic rings. The third-order valence-electron chi connectivity index (χ3n) is 7.46. The maximum Gasteiger partial charge on any atom is 0.249 e. The van der Waals surface area contributed by atoms with Gasteiger partial charge in [0.25, 0.3) is 0 Å². The summed E-state index contributed by atoms with van der Waals surface area (Å²) in [6.07, 6.45) is 7.70. The first-order valence-electron chi connectivity index (χ1n) is 13.9. The zero-order chi connectivity index (χ0) is 28.2. The monoisotopic (exact) mass is 572 g/mol. The summed E-state index contributed by atoms with van der Waals surface area (Å²) < 4.78 is 7.70. The number of amides is 1. The molecule has 4 heterocycles. The molecule has 1 atom stereocenters. The lowest BCUT2D eigenvalue weighted by Crippen LogP contribution is -2.44. The van der Waals surface area contributed by atoms with E-state index in [0.29, 0.717) is 23.6 Å². The largest absolute Gasteiger partial charge is 0.369 e. The predicted octanol–water partition coefficient (Wildman–Crippen LogP) is 5.16. The highest BCUT2D eigenvalue weighted by Crippen LogP contribution is 2.32.